The van der Waals surface area contributed by atoms with Crippen LogP contribution in [0.25, 0.3) is 5.69 Å². The lowest BCUT2D eigenvalue weighted by Crippen LogP contribution is -2.50. The molecule has 0 atom stereocenters. The second-order valence-corrected chi connectivity index (χ2v) is 9.44. The molecule has 0 spiro atoms. The molecule has 1 saturated heterocycles. The molecule has 3 aromatic rings. The van der Waals surface area contributed by atoms with Crippen molar-refractivity contribution in [3.8, 4) is 5.69 Å². The van der Waals surface area contributed by atoms with E-state index in [0.29, 0.717) is 5.56 Å². The van der Waals surface area contributed by atoms with Crippen LogP contribution in [0.1, 0.15) is 10.4 Å². The van der Waals surface area contributed by atoms with Crippen molar-refractivity contribution < 1.29 is 13.2 Å². The van der Waals surface area contributed by atoms with E-state index in [1.165, 1.54) is 16.4 Å². The first kappa shape index (κ1) is 20.9. The van der Waals surface area contributed by atoms with Crippen molar-refractivity contribution in [1.29, 1.82) is 0 Å². The van der Waals surface area contributed by atoms with E-state index < -0.39 is 10.0 Å². The number of rotatable bonds is 4. The molecule has 0 bridgehead atoms. The Morgan fingerprint density at radius 3 is 2.27 bits per heavy atom. The number of amides is 1. The molecule has 0 unspecified atom stereocenters. The lowest BCUT2D eigenvalue weighted by molar-refractivity contribution is 0.0698. The Bertz CT molecular complexity index is 1160. The topological polar surface area (TPSA) is 75.5 Å². The van der Waals surface area contributed by atoms with E-state index in [-0.39, 0.29) is 47.0 Å². The van der Waals surface area contributed by atoms with Crippen LogP contribution in [-0.4, -0.2) is 59.5 Å². The number of carbonyl (C=O) groups is 1. The van der Waals surface area contributed by atoms with Gasteiger partial charge in [0.15, 0.2) is 0 Å². The van der Waals surface area contributed by atoms with Crippen molar-refractivity contribution >= 4 is 39.1 Å². The van der Waals surface area contributed by atoms with Gasteiger partial charge in [-0.25, -0.2) is 13.1 Å². The third kappa shape index (κ3) is 3.96. The summed E-state index contributed by atoms with van der Waals surface area (Å²) in [7, 11) is -3.79. The van der Waals surface area contributed by atoms with Crippen molar-refractivity contribution in [3.05, 3.63) is 76.5 Å². The standard InChI is InChI=1S/C20H18Cl2N4O3S/c21-17-3-1-4-18(19(17)22)30(28,29)25-13-11-24(12-14-25)20(27)15-5-7-16(8-6-15)26-10-2-9-23-26/h1-10H,11-14H2. The van der Waals surface area contributed by atoms with Crippen molar-refractivity contribution in [2.45, 2.75) is 4.90 Å². The Hall–Kier alpha value is -2.39. The van der Waals surface area contributed by atoms with E-state index >= 15 is 0 Å². The smallest absolute Gasteiger partial charge is 0.253 e. The van der Waals surface area contributed by atoms with Crippen LogP contribution in [0.4, 0.5) is 0 Å². The van der Waals surface area contributed by atoms with Gasteiger partial charge in [-0.2, -0.15) is 9.40 Å². The molecule has 7 nitrogen and oxygen atoms in total. The van der Waals surface area contributed by atoms with Gasteiger partial charge in [-0.3, -0.25) is 4.79 Å². The van der Waals surface area contributed by atoms with Gasteiger partial charge in [-0.15, -0.1) is 0 Å². The first-order valence-electron chi connectivity index (χ1n) is 9.21. The number of nitrogens with zero attached hydrogens (tertiary/aromatic N) is 4. The molecule has 0 radical (unpaired) electrons. The average Bonchev–Trinajstić information content (AvgIpc) is 3.30. The van der Waals surface area contributed by atoms with Crippen molar-refractivity contribution in [3.63, 3.8) is 0 Å². The minimum Gasteiger partial charge on any atom is -0.336 e. The number of carbonyl (C=O) groups excluding carboxylic acids is 1. The van der Waals surface area contributed by atoms with E-state index in [4.69, 9.17) is 23.2 Å². The Kier molecular flexibility index (Phi) is 5.84. The molecule has 0 aliphatic carbocycles. The summed E-state index contributed by atoms with van der Waals surface area (Å²) in [5.74, 6) is -0.139. The number of benzene rings is 2. The number of hydrogen-bond acceptors (Lipinski definition) is 4. The molecule has 2 heterocycles. The highest BCUT2D eigenvalue weighted by molar-refractivity contribution is 7.89. The summed E-state index contributed by atoms with van der Waals surface area (Å²) in [5.41, 5.74) is 1.39. The monoisotopic (exact) mass is 464 g/mol. The van der Waals surface area contributed by atoms with Gasteiger partial charge in [-0.1, -0.05) is 29.3 Å². The largest absolute Gasteiger partial charge is 0.336 e. The number of sulfonamides is 1. The Labute approximate surface area is 184 Å². The molecule has 30 heavy (non-hydrogen) atoms. The van der Waals surface area contributed by atoms with Gasteiger partial charge in [0.25, 0.3) is 5.91 Å². The first-order chi connectivity index (χ1) is 14.4. The summed E-state index contributed by atoms with van der Waals surface area (Å²) in [6, 6.07) is 13.5. The molecule has 1 amide bonds. The minimum absolute atomic E-state index is 0.00921. The molecule has 4 rings (SSSR count). The van der Waals surface area contributed by atoms with Gasteiger partial charge in [0.2, 0.25) is 10.0 Å². The SMILES string of the molecule is O=C(c1ccc(-n2cccn2)cc1)N1CCN(S(=O)(=O)c2cccc(Cl)c2Cl)CC1. The summed E-state index contributed by atoms with van der Waals surface area (Å²) in [6.07, 6.45) is 3.51. The van der Waals surface area contributed by atoms with Gasteiger partial charge >= 0.3 is 0 Å². The van der Waals surface area contributed by atoms with Gasteiger partial charge in [0, 0.05) is 44.1 Å². The average molecular weight is 465 g/mol. The van der Waals surface area contributed by atoms with Crippen LogP contribution in [0.3, 0.4) is 0 Å². The van der Waals surface area contributed by atoms with Crippen molar-refractivity contribution in [2.75, 3.05) is 26.2 Å². The Morgan fingerprint density at radius 2 is 1.63 bits per heavy atom. The number of halogens is 2. The van der Waals surface area contributed by atoms with E-state index in [0.717, 1.165) is 5.69 Å². The van der Waals surface area contributed by atoms with Crippen molar-refractivity contribution in [1.82, 2.24) is 19.0 Å². The fourth-order valence-electron chi connectivity index (χ4n) is 3.31. The zero-order valence-electron chi connectivity index (χ0n) is 15.8. The molecule has 0 saturated carbocycles. The second-order valence-electron chi connectivity index (χ2n) is 6.75. The van der Waals surface area contributed by atoms with Gasteiger partial charge in [-0.05, 0) is 42.5 Å². The maximum Gasteiger partial charge on any atom is 0.253 e. The van der Waals surface area contributed by atoms with E-state index in [9.17, 15) is 13.2 Å². The summed E-state index contributed by atoms with van der Waals surface area (Å²) in [6.45, 7) is 0.943. The molecular formula is C20H18Cl2N4O3S. The predicted molar refractivity (Wildman–Crippen MR) is 115 cm³/mol. The van der Waals surface area contributed by atoms with E-state index in [1.807, 2.05) is 24.4 Å². The first-order valence-corrected chi connectivity index (χ1v) is 11.4. The number of piperazine rings is 1. The summed E-state index contributed by atoms with van der Waals surface area (Å²) in [4.78, 5) is 14.4. The quantitative estimate of drug-likeness (QED) is 0.593. The van der Waals surface area contributed by atoms with Crippen LogP contribution in [0, 0.1) is 0 Å². The lowest BCUT2D eigenvalue weighted by atomic mass is 10.1. The van der Waals surface area contributed by atoms with Crippen LogP contribution in [0.2, 0.25) is 10.0 Å². The zero-order chi connectivity index (χ0) is 21.3. The van der Waals surface area contributed by atoms with Crippen molar-refractivity contribution in [2.24, 2.45) is 0 Å². The molecule has 0 N–H and O–H groups in total. The molecule has 156 valence electrons. The van der Waals surface area contributed by atoms with Crippen LogP contribution >= 0.6 is 23.2 Å². The highest BCUT2D eigenvalue weighted by Crippen LogP contribution is 2.31. The van der Waals surface area contributed by atoms with E-state index in [2.05, 4.69) is 5.10 Å². The Balaban J connectivity index is 1.44. The summed E-state index contributed by atoms with van der Waals surface area (Å²) < 4.78 is 28.9. The van der Waals surface area contributed by atoms with Gasteiger partial charge < -0.3 is 4.90 Å². The molecule has 1 aromatic heterocycles. The van der Waals surface area contributed by atoms with Gasteiger partial charge in [0.05, 0.1) is 15.7 Å². The normalized spacial score (nSPS) is 15.3. The summed E-state index contributed by atoms with van der Waals surface area (Å²) >= 11 is 12.1. The molecular weight excluding hydrogens is 447 g/mol. The molecule has 1 aliphatic rings. The maximum atomic E-state index is 12.9. The predicted octanol–water partition coefficient (Wildman–Crippen LogP) is 3.33. The third-order valence-electron chi connectivity index (χ3n) is 4.94. The third-order valence-corrected chi connectivity index (χ3v) is 7.81. The minimum atomic E-state index is -3.79. The molecule has 1 aliphatic heterocycles. The molecule has 10 heteroatoms. The lowest BCUT2D eigenvalue weighted by Gasteiger charge is -2.34. The maximum absolute atomic E-state index is 12.9. The van der Waals surface area contributed by atoms with E-state index in [1.54, 1.807) is 34.0 Å². The van der Waals surface area contributed by atoms with Crippen LogP contribution in [-0.2, 0) is 10.0 Å². The van der Waals surface area contributed by atoms with Gasteiger partial charge in [0.1, 0.15) is 4.90 Å². The summed E-state index contributed by atoms with van der Waals surface area (Å²) in [5, 5.41) is 4.35. The number of aromatic nitrogens is 2. The van der Waals surface area contributed by atoms with Crippen LogP contribution in [0.5, 0.6) is 0 Å². The van der Waals surface area contributed by atoms with Crippen LogP contribution in [0.15, 0.2) is 65.8 Å². The highest BCUT2D eigenvalue weighted by Gasteiger charge is 2.32. The highest BCUT2D eigenvalue weighted by atomic mass is 35.5. The second kappa shape index (κ2) is 8.39. The Morgan fingerprint density at radius 1 is 0.933 bits per heavy atom. The molecule has 1 fully saturated rings. The molecule has 2 aromatic carbocycles. The fourth-order valence-corrected chi connectivity index (χ4v) is 5.47. The fraction of sp³-hybridized carbons (Fsp3) is 0.200. The van der Waals surface area contributed by atoms with Crippen LogP contribution < -0.4 is 0 Å². The zero-order valence-corrected chi connectivity index (χ0v) is 18.1. The number of hydrogen-bond donors (Lipinski definition) is 0.